The van der Waals surface area contributed by atoms with Crippen LogP contribution in [0.1, 0.15) is 0 Å². The Balaban J connectivity index is 2.33. The van der Waals surface area contributed by atoms with Crippen LogP contribution in [0, 0.1) is 0 Å². The molecule has 0 aliphatic heterocycles. The van der Waals surface area contributed by atoms with Gasteiger partial charge in [0.25, 0.3) is 0 Å². The fraction of sp³-hybridized carbons (Fsp3) is 0.0909. The second-order valence-corrected chi connectivity index (χ2v) is 6.15. The average molecular weight is 442 g/mol. The monoisotopic (exact) mass is 442 g/mol. The minimum absolute atomic E-state index is 0.170. The van der Waals surface area contributed by atoms with Gasteiger partial charge in [-0.2, -0.15) is 30.7 Å². The van der Waals surface area contributed by atoms with Gasteiger partial charge in [-0.25, -0.2) is 0 Å². The van der Waals surface area contributed by atoms with Crippen molar-refractivity contribution in [3.8, 4) is 33.8 Å². The minimum atomic E-state index is -5.01. The molecule has 0 aliphatic rings. The summed E-state index contributed by atoms with van der Waals surface area (Å²) in [6.45, 7) is 0. The Morgan fingerprint density at radius 2 is 1.29 bits per heavy atom. The topological polar surface area (TPSA) is 18.5 Å². The number of benzene rings is 3. The molecule has 31 heavy (non-hydrogen) atoms. The summed E-state index contributed by atoms with van der Waals surface area (Å²) < 4.78 is 101. The third kappa shape index (κ3) is 4.99. The number of hydrogen-bond acceptors (Lipinski definition) is 2. The first-order chi connectivity index (χ1) is 14.7. The molecule has 0 radical (unpaired) electrons. The van der Waals surface area contributed by atoms with E-state index in [1.54, 1.807) is 36.4 Å². The molecule has 162 valence electrons. The van der Waals surface area contributed by atoms with Crippen molar-refractivity contribution in [1.29, 1.82) is 0 Å². The molecule has 0 N–H and O–H groups in total. The number of hydrogen-bond donors (Lipinski definition) is 0. The van der Waals surface area contributed by atoms with E-state index in [1.165, 1.54) is 30.3 Å². The Morgan fingerprint density at radius 1 is 0.742 bits per heavy atom. The predicted octanol–water partition coefficient (Wildman–Crippen LogP) is 7.67. The molecule has 0 spiro atoms. The summed E-state index contributed by atoms with van der Waals surface area (Å²) in [6.07, 6.45) is -12.1. The van der Waals surface area contributed by atoms with Crippen LogP contribution in [0.4, 0.5) is 30.7 Å². The van der Waals surface area contributed by atoms with Gasteiger partial charge in [-0.15, -0.1) is 0 Å². The van der Waals surface area contributed by atoms with E-state index in [0.29, 0.717) is 5.56 Å². The van der Waals surface area contributed by atoms with Crippen molar-refractivity contribution in [3.05, 3.63) is 84.9 Å². The van der Waals surface area contributed by atoms with Gasteiger partial charge in [-0.05, 0) is 28.8 Å². The number of alkyl halides is 4. The number of rotatable bonds is 7. The van der Waals surface area contributed by atoms with E-state index in [-0.39, 0.29) is 16.7 Å². The van der Waals surface area contributed by atoms with E-state index in [9.17, 15) is 30.7 Å². The van der Waals surface area contributed by atoms with Crippen molar-refractivity contribution in [2.75, 3.05) is 0 Å². The fourth-order valence-corrected chi connectivity index (χ4v) is 2.81. The maximum atomic E-state index is 13.9. The van der Waals surface area contributed by atoms with E-state index in [2.05, 4.69) is 9.47 Å². The molecule has 3 aromatic carbocycles. The van der Waals surface area contributed by atoms with Crippen molar-refractivity contribution in [2.24, 2.45) is 0 Å². The van der Waals surface area contributed by atoms with Crippen LogP contribution in [0.25, 0.3) is 22.3 Å². The molecule has 3 rings (SSSR count). The average Bonchev–Trinajstić information content (AvgIpc) is 2.75. The van der Waals surface area contributed by atoms with Gasteiger partial charge in [0.15, 0.2) is 11.5 Å². The molecule has 9 heteroatoms. The van der Waals surface area contributed by atoms with Gasteiger partial charge in [-0.1, -0.05) is 60.7 Å². The zero-order chi connectivity index (χ0) is 22.6. The quantitative estimate of drug-likeness (QED) is 0.276. The molecule has 0 saturated carbocycles. The van der Waals surface area contributed by atoms with Crippen LogP contribution in [0.5, 0.6) is 11.5 Å². The highest BCUT2D eigenvalue weighted by Gasteiger charge is 2.45. The summed E-state index contributed by atoms with van der Waals surface area (Å²) in [5.41, 5.74) is 0.767. The second-order valence-electron chi connectivity index (χ2n) is 6.15. The summed E-state index contributed by atoms with van der Waals surface area (Å²) >= 11 is 0. The second kappa shape index (κ2) is 9.11. The molecule has 0 bridgehead atoms. The highest BCUT2D eigenvalue weighted by molar-refractivity contribution is 5.89. The van der Waals surface area contributed by atoms with Crippen LogP contribution in [0.15, 0.2) is 84.9 Å². The van der Waals surface area contributed by atoms with E-state index in [1.807, 2.05) is 0 Å². The molecule has 0 saturated heterocycles. The van der Waals surface area contributed by atoms with Crippen LogP contribution in [0.3, 0.4) is 0 Å². The van der Waals surface area contributed by atoms with Crippen molar-refractivity contribution in [1.82, 2.24) is 0 Å². The molecule has 0 atom stereocenters. The van der Waals surface area contributed by atoms with Crippen molar-refractivity contribution >= 4 is 0 Å². The van der Waals surface area contributed by atoms with Crippen molar-refractivity contribution in [2.45, 2.75) is 12.5 Å². The third-order valence-corrected chi connectivity index (χ3v) is 4.11. The predicted molar refractivity (Wildman–Crippen MR) is 99.9 cm³/mol. The first-order valence-electron chi connectivity index (χ1n) is 8.72. The van der Waals surface area contributed by atoms with Crippen molar-refractivity contribution < 1.29 is 40.2 Å². The molecule has 2 nitrogen and oxygen atoms in total. The normalized spacial score (nSPS) is 11.4. The van der Waals surface area contributed by atoms with Crippen LogP contribution >= 0.6 is 0 Å². The molecule has 3 aromatic rings. The standard InChI is InChI=1S/C22H13F7O2/c23-19(24)20(25)30-16-12-11-15(13-7-3-1-4-8-13)17(14-9-5-2-6-10-14)18(16)31-22(28,29)21(26)27/h1-12,21H. The minimum Gasteiger partial charge on any atom is -0.424 e. The molecule has 0 heterocycles. The van der Waals surface area contributed by atoms with Gasteiger partial charge in [0.2, 0.25) is 0 Å². The largest absolute Gasteiger partial charge is 0.461 e. The highest BCUT2D eigenvalue weighted by atomic mass is 19.3. The fourth-order valence-electron chi connectivity index (χ4n) is 2.81. The van der Waals surface area contributed by atoms with Gasteiger partial charge in [0, 0.05) is 5.56 Å². The summed E-state index contributed by atoms with van der Waals surface area (Å²) in [6, 6.07) is 15.6. The first kappa shape index (κ1) is 22.2. The van der Waals surface area contributed by atoms with E-state index in [4.69, 9.17) is 0 Å². The lowest BCUT2D eigenvalue weighted by atomic mass is 9.93. The molecule has 0 aromatic heterocycles. The number of ether oxygens (including phenoxy) is 2. The molecule has 0 unspecified atom stereocenters. The van der Waals surface area contributed by atoms with Gasteiger partial charge in [0.05, 0.1) is 0 Å². The molecular weight excluding hydrogens is 429 g/mol. The van der Waals surface area contributed by atoms with Crippen molar-refractivity contribution in [3.63, 3.8) is 0 Å². The summed E-state index contributed by atoms with van der Waals surface area (Å²) in [4.78, 5) is 0. The first-order valence-corrected chi connectivity index (χ1v) is 8.72. The Kier molecular flexibility index (Phi) is 6.53. The van der Waals surface area contributed by atoms with Crippen LogP contribution in [-0.2, 0) is 0 Å². The lowest BCUT2D eigenvalue weighted by Crippen LogP contribution is -2.33. The zero-order valence-corrected chi connectivity index (χ0v) is 15.5. The van der Waals surface area contributed by atoms with Crippen LogP contribution in [0.2, 0.25) is 0 Å². The third-order valence-electron chi connectivity index (χ3n) is 4.11. The highest BCUT2D eigenvalue weighted by Crippen LogP contribution is 2.48. The van der Waals surface area contributed by atoms with E-state index in [0.717, 1.165) is 6.07 Å². The SMILES string of the molecule is FC(F)=C(F)Oc1ccc(-c2ccccc2)c(-c2ccccc2)c1OC(F)(F)C(F)F. The van der Waals surface area contributed by atoms with E-state index < -0.39 is 36.1 Å². The Bertz CT molecular complexity index is 1060. The van der Waals surface area contributed by atoms with E-state index >= 15 is 0 Å². The Morgan fingerprint density at radius 3 is 1.81 bits per heavy atom. The molecule has 0 fully saturated rings. The smallest absolute Gasteiger partial charge is 0.424 e. The van der Waals surface area contributed by atoms with Gasteiger partial charge in [0.1, 0.15) is 0 Å². The molecule has 0 amide bonds. The Labute approximate surface area is 172 Å². The summed E-state index contributed by atoms with van der Waals surface area (Å²) in [5.74, 6) is -1.95. The van der Waals surface area contributed by atoms with Gasteiger partial charge < -0.3 is 9.47 Å². The van der Waals surface area contributed by atoms with Crippen LogP contribution in [-0.4, -0.2) is 12.5 Å². The molecule has 0 aliphatic carbocycles. The summed E-state index contributed by atoms with van der Waals surface area (Å²) in [5, 5.41) is 0. The number of halogens is 7. The Hall–Kier alpha value is -3.49. The molecular formula is C22H13F7O2. The van der Waals surface area contributed by atoms with Crippen LogP contribution < -0.4 is 9.47 Å². The maximum Gasteiger partial charge on any atom is 0.461 e. The van der Waals surface area contributed by atoms with Gasteiger partial charge in [-0.3, -0.25) is 0 Å². The van der Waals surface area contributed by atoms with Gasteiger partial charge >= 0.3 is 24.6 Å². The lowest BCUT2D eigenvalue weighted by Gasteiger charge is -2.23. The lowest BCUT2D eigenvalue weighted by molar-refractivity contribution is -0.253. The zero-order valence-electron chi connectivity index (χ0n) is 15.5. The maximum absolute atomic E-state index is 13.9. The summed E-state index contributed by atoms with van der Waals surface area (Å²) in [7, 11) is 0.